The van der Waals surface area contributed by atoms with Crippen molar-refractivity contribution in [1.29, 1.82) is 0 Å². The van der Waals surface area contributed by atoms with Crippen LogP contribution in [0.3, 0.4) is 0 Å². The Kier molecular flexibility index (Phi) is 4.94. The number of anilines is 1. The highest BCUT2D eigenvalue weighted by molar-refractivity contribution is 5.57. The van der Waals surface area contributed by atoms with E-state index in [1.165, 1.54) is 11.1 Å². The van der Waals surface area contributed by atoms with Gasteiger partial charge in [-0.2, -0.15) is 0 Å². The SMILES string of the molecule is COc1cc(C(c2ccccc2)c2ccc(N)c(OC)c2)ccc1C. The summed E-state index contributed by atoms with van der Waals surface area (Å²) >= 11 is 0. The molecule has 0 aromatic heterocycles. The van der Waals surface area contributed by atoms with Crippen molar-refractivity contribution in [3.63, 3.8) is 0 Å². The van der Waals surface area contributed by atoms with Gasteiger partial charge in [0, 0.05) is 5.92 Å². The maximum absolute atomic E-state index is 6.00. The predicted octanol–water partition coefficient (Wildman–Crippen LogP) is 4.77. The van der Waals surface area contributed by atoms with Crippen LogP contribution in [0.25, 0.3) is 0 Å². The first-order valence-electron chi connectivity index (χ1n) is 8.27. The molecule has 0 aliphatic rings. The summed E-state index contributed by atoms with van der Waals surface area (Å²) in [6.07, 6.45) is 0. The first-order chi connectivity index (χ1) is 12.1. The largest absolute Gasteiger partial charge is 0.496 e. The van der Waals surface area contributed by atoms with Crippen molar-refractivity contribution < 1.29 is 9.47 Å². The van der Waals surface area contributed by atoms with Crippen LogP contribution in [0.5, 0.6) is 11.5 Å². The van der Waals surface area contributed by atoms with Gasteiger partial charge in [-0.05, 0) is 47.4 Å². The zero-order chi connectivity index (χ0) is 17.8. The Morgan fingerprint density at radius 3 is 1.96 bits per heavy atom. The van der Waals surface area contributed by atoms with Gasteiger partial charge in [-0.3, -0.25) is 0 Å². The summed E-state index contributed by atoms with van der Waals surface area (Å²) in [6.45, 7) is 2.05. The quantitative estimate of drug-likeness (QED) is 0.540. The number of aryl methyl sites for hydroxylation is 1. The van der Waals surface area contributed by atoms with Crippen LogP contribution in [-0.4, -0.2) is 14.2 Å². The minimum absolute atomic E-state index is 0.0743. The van der Waals surface area contributed by atoms with Crippen molar-refractivity contribution in [3.05, 3.63) is 89.0 Å². The molecule has 0 saturated heterocycles. The lowest BCUT2D eigenvalue weighted by Gasteiger charge is -2.21. The number of nitrogens with two attached hydrogens (primary N) is 1. The number of methoxy groups -OCH3 is 2. The van der Waals surface area contributed by atoms with Gasteiger partial charge in [0.1, 0.15) is 11.5 Å². The molecular weight excluding hydrogens is 310 g/mol. The zero-order valence-electron chi connectivity index (χ0n) is 14.8. The predicted molar refractivity (Wildman–Crippen MR) is 103 cm³/mol. The topological polar surface area (TPSA) is 44.5 Å². The Balaban J connectivity index is 2.17. The maximum Gasteiger partial charge on any atom is 0.142 e. The third-order valence-electron chi connectivity index (χ3n) is 4.49. The molecule has 0 spiro atoms. The van der Waals surface area contributed by atoms with E-state index in [0.717, 1.165) is 16.9 Å². The molecule has 2 N–H and O–H groups in total. The summed E-state index contributed by atoms with van der Waals surface area (Å²) < 4.78 is 10.9. The molecule has 128 valence electrons. The standard InChI is InChI=1S/C22H23NO2/c1-15-9-10-17(13-20(15)24-2)22(16-7-5-4-6-8-16)18-11-12-19(23)21(14-18)25-3/h4-14,22H,23H2,1-3H3. The highest BCUT2D eigenvalue weighted by atomic mass is 16.5. The Morgan fingerprint density at radius 1 is 0.720 bits per heavy atom. The molecule has 1 atom stereocenters. The summed E-state index contributed by atoms with van der Waals surface area (Å²) in [6, 6.07) is 22.7. The molecule has 3 aromatic rings. The molecule has 0 saturated carbocycles. The highest BCUT2D eigenvalue weighted by Gasteiger charge is 2.19. The number of nitrogen functional groups attached to an aromatic ring is 1. The van der Waals surface area contributed by atoms with Crippen molar-refractivity contribution in [2.75, 3.05) is 20.0 Å². The van der Waals surface area contributed by atoms with E-state index in [4.69, 9.17) is 15.2 Å². The van der Waals surface area contributed by atoms with Gasteiger partial charge < -0.3 is 15.2 Å². The molecule has 0 heterocycles. The van der Waals surface area contributed by atoms with Gasteiger partial charge >= 0.3 is 0 Å². The van der Waals surface area contributed by atoms with Crippen LogP contribution in [0.1, 0.15) is 28.2 Å². The molecule has 0 aliphatic heterocycles. The summed E-state index contributed by atoms with van der Waals surface area (Å²) in [4.78, 5) is 0. The van der Waals surface area contributed by atoms with E-state index in [-0.39, 0.29) is 5.92 Å². The molecule has 3 nitrogen and oxygen atoms in total. The molecule has 1 unspecified atom stereocenters. The van der Waals surface area contributed by atoms with Crippen molar-refractivity contribution in [2.24, 2.45) is 0 Å². The van der Waals surface area contributed by atoms with E-state index in [1.807, 2.05) is 25.1 Å². The van der Waals surface area contributed by atoms with Crippen LogP contribution < -0.4 is 15.2 Å². The van der Waals surface area contributed by atoms with Crippen molar-refractivity contribution in [3.8, 4) is 11.5 Å². The van der Waals surface area contributed by atoms with Crippen molar-refractivity contribution in [1.82, 2.24) is 0 Å². The van der Waals surface area contributed by atoms with Crippen LogP contribution in [0.4, 0.5) is 5.69 Å². The molecule has 0 aliphatic carbocycles. The smallest absolute Gasteiger partial charge is 0.142 e. The Hall–Kier alpha value is -2.94. The molecule has 0 bridgehead atoms. The average Bonchev–Trinajstić information content (AvgIpc) is 2.65. The second kappa shape index (κ2) is 7.31. The van der Waals surface area contributed by atoms with E-state index < -0.39 is 0 Å². The number of benzene rings is 3. The normalized spacial score (nSPS) is 11.8. The molecule has 25 heavy (non-hydrogen) atoms. The molecule has 0 amide bonds. The number of hydrogen-bond donors (Lipinski definition) is 1. The molecule has 3 heteroatoms. The second-order valence-corrected chi connectivity index (χ2v) is 6.07. The van der Waals surface area contributed by atoms with Gasteiger partial charge in [0.05, 0.1) is 19.9 Å². The molecule has 3 rings (SSSR count). The average molecular weight is 333 g/mol. The number of ether oxygens (including phenoxy) is 2. The number of rotatable bonds is 5. The van der Waals surface area contributed by atoms with Crippen LogP contribution in [0.15, 0.2) is 66.7 Å². The highest BCUT2D eigenvalue weighted by Crippen LogP contribution is 2.37. The summed E-state index contributed by atoms with van der Waals surface area (Å²) in [5.74, 6) is 1.66. The fourth-order valence-electron chi connectivity index (χ4n) is 3.15. The fraction of sp³-hybridized carbons (Fsp3) is 0.182. The lowest BCUT2D eigenvalue weighted by molar-refractivity contribution is 0.411. The fourth-order valence-corrected chi connectivity index (χ4v) is 3.15. The van der Waals surface area contributed by atoms with Gasteiger partial charge in [0.2, 0.25) is 0 Å². The second-order valence-electron chi connectivity index (χ2n) is 6.07. The first-order valence-corrected chi connectivity index (χ1v) is 8.27. The van der Waals surface area contributed by atoms with Gasteiger partial charge in [-0.1, -0.05) is 48.5 Å². The van der Waals surface area contributed by atoms with Crippen LogP contribution in [0, 0.1) is 6.92 Å². The molecule has 3 aromatic carbocycles. The maximum atomic E-state index is 6.00. The summed E-state index contributed by atoms with van der Waals surface area (Å²) in [7, 11) is 3.35. The van der Waals surface area contributed by atoms with Gasteiger partial charge in [0.15, 0.2) is 0 Å². The van der Waals surface area contributed by atoms with Crippen LogP contribution >= 0.6 is 0 Å². The molecule has 0 radical (unpaired) electrons. The monoisotopic (exact) mass is 333 g/mol. The minimum Gasteiger partial charge on any atom is -0.496 e. The van der Waals surface area contributed by atoms with E-state index in [0.29, 0.717) is 11.4 Å². The Bertz CT molecular complexity index is 806. The first kappa shape index (κ1) is 16.9. The summed E-state index contributed by atoms with van der Waals surface area (Å²) in [5, 5.41) is 0. The molecular formula is C22H23NO2. The third-order valence-corrected chi connectivity index (χ3v) is 4.49. The van der Waals surface area contributed by atoms with Crippen molar-refractivity contribution >= 4 is 5.69 Å². The van der Waals surface area contributed by atoms with E-state index in [9.17, 15) is 0 Å². The van der Waals surface area contributed by atoms with E-state index >= 15 is 0 Å². The van der Waals surface area contributed by atoms with Crippen LogP contribution in [-0.2, 0) is 0 Å². The lowest BCUT2D eigenvalue weighted by Crippen LogP contribution is -2.05. The Labute approximate surface area is 149 Å². The lowest BCUT2D eigenvalue weighted by atomic mass is 9.84. The van der Waals surface area contributed by atoms with E-state index in [2.05, 4.69) is 48.5 Å². The zero-order valence-corrected chi connectivity index (χ0v) is 14.8. The van der Waals surface area contributed by atoms with E-state index in [1.54, 1.807) is 14.2 Å². The van der Waals surface area contributed by atoms with Gasteiger partial charge in [0.25, 0.3) is 0 Å². The van der Waals surface area contributed by atoms with Crippen LogP contribution in [0.2, 0.25) is 0 Å². The van der Waals surface area contributed by atoms with Gasteiger partial charge in [-0.25, -0.2) is 0 Å². The summed E-state index contributed by atoms with van der Waals surface area (Å²) in [5.41, 5.74) is 11.3. The minimum atomic E-state index is 0.0743. The third kappa shape index (κ3) is 3.45. The number of hydrogen-bond acceptors (Lipinski definition) is 3. The van der Waals surface area contributed by atoms with Crippen molar-refractivity contribution in [2.45, 2.75) is 12.8 Å². The Morgan fingerprint density at radius 2 is 1.32 bits per heavy atom. The molecule has 0 fully saturated rings. The van der Waals surface area contributed by atoms with Gasteiger partial charge in [-0.15, -0.1) is 0 Å².